The largest absolute Gasteiger partial charge is 0.475 e. The number of benzene rings is 1. The molecule has 1 aromatic carbocycles. The molecule has 33 heavy (non-hydrogen) atoms. The van der Waals surface area contributed by atoms with E-state index in [0.29, 0.717) is 30.0 Å². The molecule has 1 unspecified atom stereocenters. The van der Waals surface area contributed by atoms with Crippen LogP contribution in [0.1, 0.15) is 33.1 Å². The van der Waals surface area contributed by atoms with Crippen LogP contribution in [0, 0.1) is 0 Å². The van der Waals surface area contributed by atoms with Gasteiger partial charge in [-0.25, -0.2) is 14.2 Å². The van der Waals surface area contributed by atoms with Gasteiger partial charge in [0.2, 0.25) is 5.82 Å². The molecule has 0 saturated carbocycles. The number of fused-ring (bicyclic) bond motifs is 1. The zero-order chi connectivity index (χ0) is 23.9. The van der Waals surface area contributed by atoms with Crippen LogP contribution in [0.3, 0.4) is 0 Å². The maximum atomic E-state index is 13.4. The highest BCUT2D eigenvalue weighted by molar-refractivity contribution is 14.2. The molecule has 1 N–H and O–H groups in total. The Balaban J connectivity index is 1.72. The molecule has 0 radical (unpaired) electrons. The fourth-order valence-corrected chi connectivity index (χ4v) is 5.43. The first-order valence-electron chi connectivity index (χ1n) is 9.48. The summed E-state index contributed by atoms with van der Waals surface area (Å²) in [6, 6.07) is 5.05. The van der Waals surface area contributed by atoms with Crippen LogP contribution in [-0.2, 0) is 25.7 Å². The molecule has 0 bridgehead atoms. The van der Waals surface area contributed by atoms with E-state index in [9.17, 15) is 27.9 Å². The number of halogens is 5. The molecule has 0 fully saturated rings. The Labute approximate surface area is 204 Å². The van der Waals surface area contributed by atoms with Gasteiger partial charge in [0.25, 0.3) is 5.56 Å². The summed E-state index contributed by atoms with van der Waals surface area (Å²) in [7, 11) is 0. The molecule has 14 heteroatoms. The standard InChI is InChI=1S/C19H15ClF3IN5O3P/c20-15-14(7-25-29(33-24)17(15)30)27-6-5-13-12(9-27)26-16(18(31)32)28(13)8-10-3-1-2-4-11(10)19(21,22)23/h1-4,7,33H,5-6,8-9H2,(H,31,32). The van der Waals surface area contributed by atoms with E-state index in [1.54, 1.807) is 4.90 Å². The normalized spacial score (nSPS) is 14.2. The van der Waals surface area contributed by atoms with Crippen LogP contribution in [0.5, 0.6) is 0 Å². The first-order chi connectivity index (χ1) is 15.6. The fourth-order valence-electron chi connectivity index (χ4n) is 3.79. The van der Waals surface area contributed by atoms with E-state index < -0.39 is 23.3 Å². The minimum Gasteiger partial charge on any atom is -0.475 e. The highest BCUT2D eigenvalue weighted by Gasteiger charge is 2.34. The third-order valence-electron chi connectivity index (χ3n) is 5.28. The van der Waals surface area contributed by atoms with Crippen LogP contribution in [0.4, 0.5) is 18.9 Å². The summed E-state index contributed by atoms with van der Waals surface area (Å²) in [5.41, 5.74) is 0.0208. The maximum absolute atomic E-state index is 13.4. The third-order valence-corrected chi connectivity index (χ3v) is 7.48. The van der Waals surface area contributed by atoms with Gasteiger partial charge in [-0.3, -0.25) is 4.79 Å². The average Bonchev–Trinajstić information content (AvgIpc) is 3.13. The predicted octanol–water partition coefficient (Wildman–Crippen LogP) is 4.21. The highest BCUT2D eigenvalue weighted by Crippen LogP contribution is 2.34. The van der Waals surface area contributed by atoms with Crippen LogP contribution >= 0.6 is 40.0 Å². The Kier molecular flexibility index (Phi) is 6.70. The molecule has 0 aliphatic carbocycles. The van der Waals surface area contributed by atoms with Gasteiger partial charge in [0.05, 0.1) is 42.6 Å². The van der Waals surface area contributed by atoms with E-state index in [4.69, 9.17) is 11.6 Å². The van der Waals surface area contributed by atoms with Crippen molar-refractivity contribution in [2.24, 2.45) is 0 Å². The number of aromatic carboxylic acids is 1. The number of imidazole rings is 1. The average molecular weight is 612 g/mol. The highest BCUT2D eigenvalue weighted by atomic mass is 127. The van der Waals surface area contributed by atoms with Gasteiger partial charge in [-0.2, -0.15) is 18.3 Å². The van der Waals surface area contributed by atoms with Crippen LogP contribution < -0.4 is 10.5 Å². The minimum absolute atomic E-state index is 0.00499. The molecular formula is C19H15ClF3IN5O3P. The van der Waals surface area contributed by atoms with Crippen molar-refractivity contribution in [1.29, 1.82) is 0 Å². The van der Waals surface area contributed by atoms with E-state index in [0.717, 1.165) is 6.07 Å². The lowest BCUT2D eigenvalue weighted by atomic mass is 10.1. The van der Waals surface area contributed by atoms with Gasteiger partial charge in [0.15, 0.2) is 0 Å². The predicted molar refractivity (Wildman–Crippen MR) is 126 cm³/mol. The lowest BCUT2D eigenvalue weighted by molar-refractivity contribution is -0.138. The number of rotatable bonds is 5. The molecule has 4 rings (SSSR count). The number of hydrogen-bond donors (Lipinski definition) is 1. The smallest absolute Gasteiger partial charge is 0.416 e. The van der Waals surface area contributed by atoms with E-state index in [-0.39, 0.29) is 35.9 Å². The molecule has 1 atom stereocenters. The van der Waals surface area contributed by atoms with Gasteiger partial charge in [-0.15, -0.1) is 0 Å². The molecule has 3 aromatic rings. The Morgan fingerprint density at radius 3 is 2.70 bits per heavy atom. The van der Waals surface area contributed by atoms with Crippen LogP contribution in [0.2, 0.25) is 5.02 Å². The first-order valence-corrected chi connectivity index (χ1v) is 13.9. The fraction of sp³-hybridized carbons (Fsp3) is 0.263. The van der Waals surface area contributed by atoms with E-state index >= 15 is 0 Å². The summed E-state index contributed by atoms with van der Waals surface area (Å²) in [6.07, 6.45) is -2.72. The van der Waals surface area contributed by atoms with Crippen LogP contribution in [-0.4, -0.2) is 36.7 Å². The summed E-state index contributed by atoms with van der Waals surface area (Å²) in [5.74, 6) is -1.68. The monoisotopic (exact) mass is 611 g/mol. The summed E-state index contributed by atoms with van der Waals surface area (Å²) < 4.78 is 42.9. The van der Waals surface area contributed by atoms with Gasteiger partial charge in [-0.05, 0) is 33.7 Å². The van der Waals surface area contributed by atoms with E-state index in [1.165, 1.54) is 33.4 Å². The number of aromatic nitrogens is 4. The Morgan fingerprint density at radius 1 is 1.30 bits per heavy atom. The van der Waals surface area contributed by atoms with Gasteiger partial charge >= 0.3 is 12.1 Å². The molecule has 2 aromatic heterocycles. The SMILES string of the molecule is O=C(O)c1nc2c(n1Cc1ccccc1C(F)(F)F)CCN(c1cnn(PI)c(=O)c1Cl)C2. The molecule has 8 nitrogen and oxygen atoms in total. The maximum Gasteiger partial charge on any atom is 0.416 e. The van der Waals surface area contributed by atoms with Gasteiger partial charge in [-0.1, -0.05) is 29.8 Å². The van der Waals surface area contributed by atoms with Gasteiger partial charge in [0, 0.05) is 18.7 Å². The lowest BCUT2D eigenvalue weighted by Crippen LogP contribution is -2.33. The second-order valence-corrected chi connectivity index (χ2v) is 9.61. The third kappa shape index (κ3) is 4.60. The van der Waals surface area contributed by atoms with Crippen molar-refractivity contribution in [3.8, 4) is 0 Å². The zero-order valence-electron chi connectivity index (χ0n) is 16.6. The van der Waals surface area contributed by atoms with Crippen molar-refractivity contribution in [3.63, 3.8) is 0 Å². The van der Waals surface area contributed by atoms with E-state index in [2.05, 4.69) is 10.1 Å². The van der Waals surface area contributed by atoms with Crippen molar-refractivity contribution in [1.82, 2.24) is 19.1 Å². The summed E-state index contributed by atoms with van der Waals surface area (Å²) in [6.45, 7) is 0.214. The van der Waals surface area contributed by atoms with Crippen molar-refractivity contribution in [2.45, 2.75) is 25.7 Å². The number of hydrogen-bond acceptors (Lipinski definition) is 5. The van der Waals surface area contributed by atoms with Crippen LogP contribution in [0.25, 0.3) is 0 Å². The first kappa shape index (κ1) is 24.0. The van der Waals surface area contributed by atoms with Gasteiger partial charge in [0.1, 0.15) is 5.02 Å². The van der Waals surface area contributed by atoms with Crippen LogP contribution in [0.15, 0.2) is 35.3 Å². The quantitative estimate of drug-likeness (QED) is 0.343. The summed E-state index contributed by atoms with van der Waals surface area (Å²) >= 11 is 8.26. The summed E-state index contributed by atoms with van der Waals surface area (Å²) in [4.78, 5) is 30.1. The Bertz CT molecular complexity index is 1300. The number of carboxylic acids is 1. The second kappa shape index (κ2) is 9.22. The molecule has 1 aliphatic rings. The molecule has 0 amide bonds. The molecule has 1 aliphatic heterocycles. The molecule has 0 spiro atoms. The number of alkyl halides is 3. The molecule has 174 valence electrons. The van der Waals surface area contributed by atoms with Gasteiger partial charge < -0.3 is 14.6 Å². The number of carbonyl (C=O) groups is 1. The minimum atomic E-state index is -4.57. The summed E-state index contributed by atoms with van der Waals surface area (Å²) in [5, 5.41) is 13.7. The zero-order valence-corrected chi connectivity index (χ0v) is 20.5. The number of anilines is 1. The molecule has 3 heterocycles. The van der Waals surface area contributed by atoms with Crippen molar-refractivity contribution < 1.29 is 23.1 Å². The van der Waals surface area contributed by atoms with Crippen molar-refractivity contribution in [2.75, 3.05) is 11.4 Å². The number of carboxylic acid groups (broad SMARTS) is 1. The number of nitrogens with zero attached hydrogens (tertiary/aromatic N) is 5. The topological polar surface area (TPSA) is 93.2 Å². The lowest BCUT2D eigenvalue weighted by Gasteiger charge is -2.29. The van der Waals surface area contributed by atoms with Crippen molar-refractivity contribution in [3.05, 3.63) is 74.2 Å². The second-order valence-electron chi connectivity index (χ2n) is 7.19. The van der Waals surface area contributed by atoms with E-state index in [1.807, 2.05) is 22.0 Å². The molecular weight excluding hydrogens is 597 g/mol. The van der Waals surface area contributed by atoms with Crippen molar-refractivity contribution >= 4 is 51.7 Å². The molecule has 0 saturated heterocycles. The Morgan fingerprint density at radius 2 is 2.03 bits per heavy atom. The Hall–Kier alpha value is -2.18.